The third kappa shape index (κ3) is 2.90. The first-order valence-corrected chi connectivity index (χ1v) is 9.25. The van der Waals surface area contributed by atoms with Crippen LogP contribution in [0.3, 0.4) is 0 Å². The van der Waals surface area contributed by atoms with Gasteiger partial charge in [0.05, 0.1) is 0 Å². The molecule has 3 aromatic rings. The fourth-order valence-electron chi connectivity index (χ4n) is 2.13. The number of hydrogen-bond acceptors (Lipinski definition) is 6. The summed E-state index contributed by atoms with van der Waals surface area (Å²) in [4.78, 5) is 0. The lowest BCUT2D eigenvalue weighted by atomic mass is 9.63. The van der Waals surface area contributed by atoms with Crippen molar-refractivity contribution in [3.05, 3.63) is 50.5 Å². The maximum Gasteiger partial charge on any atom is 0.467 e. The van der Waals surface area contributed by atoms with E-state index in [1.165, 1.54) is 0 Å². The number of thiophene rings is 3. The highest BCUT2D eigenvalue weighted by atomic mass is 32.1. The summed E-state index contributed by atoms with van der Waals surface area (Å²) in [6.07, 6.45) is 0. The van der Waals surface area contributed by atoms with Gasteiger partial charge >= 0.3 is 21.4 Å². The molecule has 0 aromatic carbocycles. The predicted octanol–water partition coefficient (Wildman–Crippen LogP) is 1.42. The molecule has 0 radical (unpaired) electrons. The van der Waals surface area contributed by atoms with Crippen molar-refractivity contribution in [2.45, 2.75) is 0 Å². The van der Waals surface area contributed by atoms with E-state index in [2.05, 4.69) is 0 Å². The van der Waals surface area contributed by atoms with Crippen LogP contribution in [-0.2, 0) is 13.7 Å². The molecule has 21 heavy (non-hydrogen) atoms. The molecule has 4 heterocycles. The van der Waals surface area contributed by atoms with Crippen molar-refractivity contribution in [2.75, 3.05) is 0 Å². The van der Waals surface area contributed by atoms with E-state index in [0.717, 1.165) is 16.4 Å². The second-order valence-corrected chi connectivity index (χ2v) is 6.91. The Morgan fingerprint density at radius 1 is 0.571 bits per heavy atom. The molecule has 9 heteroatoms. The van der Waals surface area contributed by atoms with Crippen molar-refractivity contribution in [1.29, 1.82) is 0 Å². The number of hydrogen-bond donors (Lipinski definition) is 0. The van der Waals surface area contributed by atoms with Crippen LogP contribution in [0.4, 0.5) is 0 Å². The van der Waals surface area contributed by atoms with Crippen LogP contribution in [0.15, 0.2) is 50.5 Å². The summed E-state index contributed by atoms with van der Waals surface area (Å²) in [5.74, 6) is 0. The van der Waals surface area contributed by atoms with Gasteiger partial charge in [-0.3, -0.25) is 0 Å². The van der Waals surface area contributed by atoms with Crippen molar-refractivity contribution in [1.82, 2.24) is 0 Å². The van der Waals surface area contributed by atoms with Crippen LogP contribution in [-0.4, -0.2) is 21.4 Å². The first-order valence-electron chi connectivity index (χ1n) is 6.43. The second-order valence-electron chi connectivity index (χ2n) is 4.57. The molecule has 1 saturated heterocycles. The Morgan fingerprint density at radius 2 is 0.905 bits per heavy atom. The van der Waals surface area contributed by atoms with E-state index in [9.17, 15) is 0 Å². The lowest BCUT2D eigenvalue weighted by Gasteiger charge is -2.30. The summed E-state index contributed by atoms with van der Waals surface area (Å²) in [5, 5.41) is 12.2. The van der Waals surface area contributed by atoms with Crippen molar-refractivity contribution >= 4 is 71.8 Å². The topological polar surface area (TPSA) is 27.7 Å². The fourth-order valence-corrected chi connectivity index (χ4v) is 4.11. The van der Waals surface area contributed by atoms with E-state index in [4.69, 9.17) is 13.7 Å². The highest BCUT2D eigenvalue weighted by molar-refractivity contribution is 7.10. The van der Waals surface area contributed by atoms with E-state index in [-0.39, 0.29) is 0 Å². The molecule has 0 atom stereocenters. The van der Waals surface area contributed by atoms with Crippen LogP contribution in [0.2, 0.25) is 0 Å². The lowest BCUT2D eigenvalue weighted by Crippen LogP contribution is -2.60. The fraction of sp³-hybridized carbons (Fsp3) is 0. The Morgan fingerprint density at radius 3 is 1.14 bits per heavy atom. The van der Waals surface area contributed by atoms with Crippen molar-refractivity contribution < 1.29 is 13.7 Å². The van der Waals surface area contributed by atoms with Gasteiger partial charge in [-0.05, 0) is 48.7 Å². The molecule has 3 aromatic heterocycles. The Balaban J connectivity index is 1.64. The van der Waals surface area contributed by atoms with Crippen LogP contribution in [0.5, 0.6) is 0 Å². The van der Waals surface area contributed by atoms with E-state index >= 15 is 0 Å². The van der Waals surface area contributed by atoms with E-state index < -0.39 is 21.4 Å². The maximum absolute atomic E-state index is 5.98. The molecule has 4 rings (SSSR count). The smallest absolute Gasteiger partial charge is 0.445 e. The Hall–Kier alpha value is -0.825. The SMILES string of the molecule is c1cc(B2OB(c3ccsc3)OB(c3ccsc3)O2)cs1. The number of rotatable bonds is 3. The molecule has 0 spiro atoms. The Bertz CT molecular complexity index is 570. The van der Waals surface area contributed by atoms with E-state index in [1.54, 1.807) is 34.0 Å². The van der Waals surface area contributed by atoms with Crippen LogP contribution >= 0.6 is 34.0 Å². The minimum atomic E-state index is -0.403. The molecule has 0 unspecified atom stereocenters. The van der Waals surface area contributed by atoms with Crippen molar-refractivity contribution in [3.8, 4) is 0 Å². The summed E-state index contributed by atoms with van der Waals surface area (Å²) in [6.45, 7) is 0. The first kappa shape index (κ1) is 13.8. The van der Waals surface area contributed by atoms with Crippen LogP contribution in [0.1, 0.15) is 0 Å². The van der Waals surface area contributed by atoms with Gasteiger partial charge in [0, 0.05) is 0 Å². The summed E-state index contributed by atoms with van der Waals surface area (Å²) < 4.78 is 17.9. The molecule has 0 bridgehead atoms. The lowest BCUT2D eigenvalue weighted by molar-refractivity contribution is 0.309. The van der Waals surface area contributed by atoms with Gasteiger partial charge in [-0.25, -0.2) is 0 Å². The highest BCUT2D eigenvalue weighted by Crippen LogP contribution is 2.12. The van der Waals surface area contributed by atoms with Gasteiger partial charge in [-0.15, -0.1) is 0 Å². The molecule has 0 N–H and O–H groups in total. The molecule has 3 nitrogen and oxygen atoms in total. The quantitative estimate of drug-likeness (QED) is 0.680. The normalized spacial score (nSPS) is 15.7. The minimum absolute atomic E-state index is 0.403. The minimum Gasteiger partial charge on any atom is -0.445 e. The summed E-state index contributed by atoms with van der Waals surface area (Å²) >= 11 is 4.90. The zero-order chi connectivity index (χ0) is 14.1. The first-order chi connectivity index (χ1) is 10.4. The Kier molecular flexibility index (Phi) is 4.02. The van der Waals surface area contributed by atoms with Gasteiger partial charge in [0.15, 0.2) is 0 Å². The van der Waals surface area contributed by atoms with Gasteiger partial charge in [0.25, 0.3) is 0 Å². The molecule has 1 fully saturated rings. The van der Waals surface area contributed by atoms with Gasteiger partial charge in [-0.2, -0.15) is 34.0 Å². The van der Waals surface area contributed by atoms with Crippen LogP contribution < -0.4 is 16.4 Å². The summed E-state index contributed by atoms with van der Waals surface area (Å²) in [5.41, 5.74) is 3.09. The standard InChI is InChI=1S/C12H9B3O3S3/c1-4-19-7-10(1)13-16-14(11-2-5-20-8-11)18-15(17-13)12-3-6-21-9-12/h1-9H. The molecule has 0 amide bonds. The van der Waals surface area contributed by atoms with Gasteiger partial charge in [0.1, 0.15) is 0 Å². The molecule has 0 saturated carbocycles. The molecular formula is C12H9B3O3S3. The van der Waals surface area contributed by atoms with Crippen molar-refractivity contribution in [3.63, 3.8) is 0 Å². The molecule has 102 valence electrons. The van der Waals surface area contributed by atoms with Crippen LogP contribution in [0, 0.1) is 0 Å². The predicted molar refractivity (Wildman–Crippen MR) is 92.4 cm³/mol. The zero-order valence-corrected chi connectivity index (χ0v) is 13.3. The molecule has 0 aliphatic carbocycles. The van der Waals surface area contributed by atoms with E-state index in [1.807, 2.05) is 50.5 Å². The monoisotopic (exact) mass is 330 g/mol. The Labute approximate surface area is 135 Å². The maximum atomic E-state index is 5.98. The molecule has 1 aliphatic heterocycles. The average Bonchev–Trinajstić information content (AvgIpc) is 3.29. The van der Waals surface area contributed by atoms with Crippen LogP contribution in [0.25, 0.3) is 0 Å². The van der Waals surface area contributed by atoms with Crippen molar-refractivity contribution in [2.24, 2.45) is 0 Å². The zero-order valence-electron chi connectivity index (χ0n) is 10.9. The largest absolute Gasteiger partial charge is 0.467 e. The second kappa shape index (κ2) is 6.12. The molecule has 1 aliphatic rings. The average molecular weight is 330 g/mol. The van der Waals surface area contributed by atoms with Gasteiger partial charge < -0.3 is 13.7 Å². The molecular weight excluding hydrogens is 321 g/mol. The van der Waals surface area contributed by atoms with Gasteiger partial charge in [-0.1, -0.05) is 18.2 Å². The van der Waals surface area contributed by atoms with E-state index in [0.29, 0.717) is 0 Å². The summed E-state index contributed by atoms with van der Waals surface area (Å²) in [6, 6.07) is 6.07. The third-order valence-corrected chi connectivity index (χ3v) is 5.29. The third-order valence-electron chi connectivity index (χ3n) is 3.19. The summed E-state index contributed by atoms with van der Waals surface area (Å²) in [7, 11) is -1.21. The van der Waals surface area contributed by atoms with Gasteiger partial charge in [0.2, 0.25) is 0 Å². The highest BCUT2D eigenvalue weighted by Gasteiger charge is 2.43.